The Morgan fingerprint density at radius 2 is 1.24 bits per heavy atom. The lowest BCUT2D eigenvalue weighted by Gasteiger charge is -2.24. The summed E-state index contributed by atoms with van der Waals surface area (Å²) < 4.78 is 5.52. The number of nitrogens with one attached hydrogen (secondary N) is 1. The molecule has 2 heterocycles. The lowest BCUT2D eigenvalue weighted by molar-refractivity contribution is 0.277. The van der Waals surface area contributed by atoms with E-state index in [0.717, 1.165) is 22.6 Å². The second-order valence-electron chi connectivity index (χ2n) is 10.7. The summed E-state index contributed by atoms with van der Waals surface area (Å²) in [6, 6.07) is 16.5. The lowest BCUT2D eigenvalue weighted by Crippen LogP contribution is -2.12. The first kappa shape index (κ1) is 36.1. The van der Waals surface area contributed by atoms with Crippen LogP contribution in [-0.2, 0) is 0 Å². The highest BCUT2D eigenvalue weighted by molar-refractivity contribution is 5.72. The highest BCUT2D eigenvalue weighted by Gasteiger charge is 2.28. The van der Waals surface area contributed by atoms with Crippen LogP contribution in [0.1, 0.15) is 137 Å². The van der Waals surface area contributed by atoms with E-state index in [0.29, 0.717) is 11.8 Å². The summed E-state index contributed by atoms with van der Waals surface area (Å²) in [5.41, 5.74) is 5.54. The number of oxazole rings is 1. The molecule has 0 amide bonds. The number of benzene rings is 2. The van der Waals surface area contributed by atoms with Gasteiger partial charge in [-0.2, -0.15) is 5.10 Å². The van der Waals surface area contributed by atoms with Crippen molar-refractivity contribution in [2.45, 2.75) is 126 Å². The Bertz CT molecular complexity index is 1100. The predicted molar refractivity (Wildman–Crippen MR) is 180 cm³/mol. The molecule has 2 aliphatic rings. The van der Waals surface area contributed by atoms with Gasteiger partial charge in [0.25, 0.3) is 0 Å². The maximum absolute atomic E-state index is 5.52. The molecule has 2 aromatic carbocycles. The van der Waals surface area contributed by atoms with E-state index >= 15 is 0 Å². The summed E-state index contributed by atoms with van der Waals surface area (Å²) in [5.74, 6) is 4.10. The zero-order valence-electron chi connectivity index (χ0n) is 27.8. The zero-order valence-corrected chi connectivity index (χ0v) is 27.8. The van der Waals surface area contributed by atoms with Gasteiger partial charge in [-0.1, -0.05) is 151 Å². The van der Waals surface area contributed by atoms with Crippen LogP contribution in [0.3, 0.4) is 0 Å². The molecule has 2 fully saturated rings. The number of rotatable bonds is 3. The van der Waals surface area contributed by atoms with Crippen LogP contribution in [0.2, 0.25) is 0 Å². The van der Waals surface area contributed by atoms with E-state index < -0.39 is 0 Å². The molecular formula is C37H59N3O. The van der Waals surface area contributed by atoms with Crippen LogP contribution >= 0.6 is 0 Å². The van der Waals surface area contributed by atoms with E-state index in [2.05, 4.69) is 67.1 Å². The minimum atomic E-state index is 0.359. The molecule has 4 nitrogen and oxygen atoms in total. The van der Waals surface area contributed by atoms with E-state index in [1.807, 2.05) is 78.2 Å². The molecule has 2 atom stereocenters. The van der Waals surface area contributed by atoms with Gasteiger partial charge in [-0.05, 0) is 41.0 Å². The first-order valence-electron chi connectivity index (χ1n) is 16.5. The van der Waals surface area contributed by atoms with Crippen LogP contribution in [0.4, 0.5) is 0 Å². The van der Waals surface area contributed by atoms with E-state index in [-0.39, 0.29) is 0 Å². The maximum atomic E-state index is 5.52. The average molecular weight is 562 g/mol. The second kappa shape index (κ2) is 20.9. The molecule has 4 aromatic rings. The van der Waals surface area contributed by atoms with E-state index in [4.69, 9.17) is 4.42 Å². The number of nitrogens with zero attached hydrogens (tertiary/aromatic N) is 2. The Kier molecular flexibility index (Phi) is 18.4. The smallest absolute Gasteiger partial charge is 0.198 e. The van der Waals surface area contributed by atoms with E-state index in [1.165, 1.54) is 42.2 Å². The van der Waals surface area contributed by atoms with Crippen LogP contribution in [0.15, 0.2) is 65.3 Å². The molecule has 2 aromatic heterocycles. The Hall–Kier alpha value is -2.88. The minimum Gasteiger partial charge on any atom is -0.440 e. The number of H-pyrrole nitrogens is 1. The molecule has 2 unspecified atom stereocenters. The van der Waals surface area contributed by atoms with Crippen LogP contribution < -0.4 is 0 Å². The third-order valence-electron chi connectivity index (χ3n) is 7.43. The van der Waals surface area contributed by atoms with Crippen molar-refractivity contribution in [3.63, 3.8) is 0 Å². The third-order valence-corrected chi connectivity index (χ3v) is 7.43. The fourth-order valence-electron chi connectivity index (χ4n) is 5.29. The Balaban J connectivity index is 0.000000286. The number of hydrogen-bond acceptors (Lipinski definition) is 3. The largest absolute Gasteiger partial charge is 0.440 e. The Morgan fingerprint density at radius 1 is 0.683 bits per heavy atom. The molecular weight excluding hydrogens is 502 g/mol. The first-order valence-corrected chi connectivity index (χ1v) is 16.5. The van der Waals surface area contributed by atoms with E-state index in [9.17, 15) is 0 Å². The van der Waals surface area contributed by atoms with Gasteiger partial charge < -0.3 is 4.42 Å². The maximum Gasteiger partial charge on any atom is 0.198 e. The summed E-state index contributed by atoms with van der Waals surface area (Å²) in [4.78, 5) is 4.35. The molecule has 228 valence electrons. The second-order valence-corrected chi connectivity index (χ2v) is 10.7. The monoisotopic (exact) mass is 561 g/mol. The highest BCUT2D eigenvalue weighted by Crippen LogP contribution is 2.41. The molecule has 0 spiro atoms. The van der Waals surface area contributed by atoms with Crippen LogP contribution in [-0.4, -0.2) is 15.2 Å². The van der Waals surface area contributed by atoms with Crippen molar-refractivity contribution in [1.82, 2.24) is 15.2 Å². The van der Waals surface area contributed by atoms with Gasteiger partial charge in [0.15, 0.2) is 11.5 Å². The molecule has 0 radical (unpaired) electrons. The number of aromatic amines is 1. The summed E-state index contributed by atoms with van der Waals surface area (Å²) in [6.45, 7) is 20.6. The van der Waals surface area contributed by atoms with Crippen molar-refractivity contribution >= 4 is 11.1 Å². The fraction of sp³-hybridized carbons (Fsp3) is 0.568. The standard InChI is InChI=1S/C12H14N2.C10H11NO.C9H16.3C2H6/c1-9(2)10-3-5-11(6-4-10)12-7-13-14-8-12;1-7(2)10-11-8-5-3-4-6-9(8)12-10;1-2-5-9-7-3-6-8(9)4-1;3*1-2/h3-9H,1-2H3,(H,13,14);3-7H,1-2H3;8-9H,1-7H2;3*1-2H3. The number of aromatic nitrogens is 3. The van der Waals surface area contributed by atoms with Gasteiger partial charge in [0, 0.05) is 17.7 Å². The molecule has 6 rings (SSSR count). The number of para-hydroxylation sites is 2. The third kappa shape index (κ3) is 11.9. The van der Waals surface area contributed by atoms with Crippen molar-refractivity contribution in [3.8, 4) is 11.1 Å². The topological polar surface area (TPSA) is 54.7 Å². The lowest BCUT2D eigenvalue weighted by atomic mass is 9.82. The van der Waals surface area contributed by atoms with Gasteiger partial charge in [0.1, 0.15) is 5.52 Å². The highest BCUT2D eigenvalue weighted by atomic mass is 16.3. The molecule has 2 aliphatic carbocycles. The van der Waals surface area contributed by atoms with Crippen molar-refractivity contribution in [2.75, 3.05) is 0 Å². The van der Waals surface area contributed by atoms with Crippen LogP contribution in [0.25, 0.3) is 22.2 Å². The normalized spacial score (nSPS) is 16.8. The number of fused-ring (bicyclic) bond motifs is 2. The SMILES string of the molecule is C1CCC2CCCC2C1.CC.CC.CC.CC(C)c1ccc(-c2cn[nH]c2)cc1.CC(C)c1nc2ccccc2o1. The first-order chi connectivity index (χ1) is 20.0. The van der Waals surface area contributed by atoms with E-state index in [1.54, 1.807) is 25.7 Å². The van der Waals surface area contributed by atoms with Crippen molar-refractivity contribution in [2.24, 2.45) is 11.8 Å². The summed E-state index contributed by atoms with van der Waals surface area (Å²) in [5, 5.41) is 6.75. The molecule has 0 bridgehead atoms. The molecule has 2 saturated carbocycles. The fourth-order valence-corrected chi connectivity index (χ4v) is 5.29. The van der Waals surface area contributed by atoms with Crippen molar-refractivity contribution < 1.29 is 4.42 Å². The minimum absolute atomic E-state index is 0.359. The summed E-state index contributed by atoms with van der Waals surface area (Å²) in [6.07, 6.45) is 14.6. The Morgan fingerprint density at radius 3 is 1.73 bits per heavy atom. The van der Waals surface area contributed by atoms with Gasteiger partial charge in [-0.3, -0.25) is 5.10 Å². The van der Waals surface area contributed by atoms with Gasteiger partial charge >= 0.3 is 0 Å². The Labute approximate surface area is 251 Å². The zero-order chi connectivity index (χ0) is 30.6. The molecule has 1 N–H and O–H groups in total. The molecule has 0 aliphatic heterocycles. The van der Waals surface area contributed by atoms with Crippen molar-refractivity contribution in [3.05, 3.63) is 72.4 Å². The summed E-state index contributed by atoms with van der Waals surface area (Å²) in [7, 11) is 0. The van der Waals surface area contributed by atoms with Crippen molar-refractivity contribution in [1.29, 1.82) is 0 Å². The molecule has 4 heteroatoms. The van der Waals surface area contributed by atoms with Crippen LogP contribution in [0, 0.1) is 11.8 Å². The van der Waals surface area contributed by atoms with Crippen LogP contribution in [0.5, 0.6) is 0 Å². The molecule has 0 saturated heterocycles. The average Bonchev–Trinajstić information content (AvgIpc) is 3.82. The summed E-state index contributed by atoms with van der Waals surface area (Å²) >= 11 is 0. The van der Waals surface area contributed by atoms with Gasteiger partial charge in [-0.15, -0.1) is 0 Å². The predicted octanol–water partition coefficient (Wildman–Crippen LogP) is 12.2. The number of hydrogen-bond donors (Lipinski definition) is 1. The van der Waals surface area contributed by atoms with Gasteiger partial charge in [0.2, 0.25) is 0 Å². The van der Waals surface area contributed by atoms with Gasteiger partial charge in [0.05, 0.1) is 6.20 Å². The molecule has 41 heavy (non-hydrogen) atoms. The quantitative estimate of drug-likeness (QED) is 0.270. The van der Waals surface area contributed by atoms with Gasteiger partial charge in [-0.25, -0.2) is 4.98 Å².